The van der Waals surface area contributed by atoms with Gasteiger partial charge in [-0.2, -0.15) is 13.2 Å². The van der Waals surface area contributed by atoms with Crippen LogP contribution in [0.3, 0.4) is 0 Å². The number of carbonyl (C=O) groups excluding carboxylic acids is 1. The maximum atomic E-state index is 12.1. The minimum absolute atomic E-state index is 0.0496. The zero-order chi connectivity index (χ0) is 15.6. The largest absolute Gasteiger partial charge is 0.484 e. The van der Waals surface area contributed by atoms with Crippen LogP contribution in [-0.2, 0) is 4.74 Å². The van der Waals surface area contributed by atoms with Gasteiger partial charge in [0.25, 0.3) is 0 Å². The lowest BCUT2D eigenvalue weighted by atomic mass is 10.1. The molecule has 0 aliphatic carbocycles. The molecule has 0 aliphatic heterocycles. The maximum Gasteiger partial charge on any atom is 0.422 e. The Kier molecular flexibility index (Phi) is 5.07. The summed E-state index contributed by atoms with van der Waals surface area (Å²) in [5.41, 5.74) is -0.584. The summed E-state index contributed by atoms with van der Waals surface area (Å²) in [6, 6.07) is 3.98. The van der Waals surface area contributed by atoms with Gasteiger partial charge in [0.05, 0.1) is 5.56 Å². The molecule has 0 N–H and O–H groups in total. The number of hydrogen-bond acceptors (Lipinski definition) is 3. The smallest absolute Gasteiger partial charge is 0.422 e. The SMILES string of the molecule is CC(C)(C)OC(=O)c1cc(OCC(F)(F)F)ccc1Br. The van der Waals surface area contributed by atoms with E-state index in [2.05, 4.69) is 20.7 Å². The van der Waals surface area contributed by atoms with Gasteiger partial charge in [-0.3, -0.25) is 0 Å². The molecular weight excluding hydrogens is 341 g/mol. The van der Waals surface area contributed by atoms with Crippen molar-refractivity contribution < 1.29 is 27.4 Å². The Morgan fingerprint density at radius 3 is 2.35 bits per heavy atom. The molecule has 112 valence electrons. The fraction of sp³-hybridized carbons (Fsp3) is 0.462. The molecule has 3 nitrogen and oxygen atoms in total. The number of halogens is 4. The summed E-state index contributed by atoms with van der Waals surface area (Å²) in [5.74, 6) is -0.687. The van der Waals surface area contributed by atoms with E-state index in [1.807, 2.05) is 0 Å². The van der Waals surface area contributed by atoms with Crippen molar-refractivity contribution in [3.8, 4) is 5.75 Å². The van der Waals surface area contributed by atoms with Crippen LogP contribution in [0.25, 0.3) is 0 Å². The van der Waals surface area contributed by atoms with Crippen molar-refractivity contribution in [1.29, 1.82) is 0 Å². The molecule has 0 heterocycles. The average molecular weight is 355 g/mol. The second kappa shape index (κ2) is 6.03. The van der Waals surface area contributed by atoms with Gasteiger partial charge in [-0.05, 0) is 54.9 Å². The first kappa shape index (κ1) is 16.8. The molecule has 0 saturated heterocycles. The standard InChI is InChI=1S/C13H14BrF3O3/c1-12(2,3)20-11(18)9-6-8(4-5-10(9)14)19-7-13(15,16)17/h4-6H,7H2,1-3H3. The van der Waals surface area contributed by atoms with E-state index in [9.17, 15) is 18.0 Å². The molecule has 0 radical (unpaired) electrons. The molecule has 0 aliphatic rings. The van der Waals surface area contributed by atoms with Crippen LogP contribution in [0, 0.1) is 0 Å². The monoisotopic (exact) mass is 354 g/mol. The summed E-state index contributed by atoms with van der Waals surface area (Å²) in [4.78, 5) is 11.9. The molecule has 1 aromatic carbocycles. The van der Waals surface area contributed by atoms with Gasteiger partial charge in [0.2, 0.25) is 0 Å². The first-order valence-electron chi connectivity index (χ1n) is 5.70. The minimum Gasteiger partial charge on any atom is -0.484 e. The highest BCUT2D eigenvalue weighted by atomic mass is 79.9. The van der Waals surface area contributed by atoms with Crippen LogP contribution >= 0.6 is 15.9 Å². The third-order valence-electron chi connectivity index (χ3n) is 1.96. The summed E-state index contributed by atoms with van der Waals surface area (Å²) in [6.07, 6.45) is -4.43. The van der Waals surface area contributed by atoms with Gasteiger partial charge in [0, 0.05) is 4.47 Å². The number of carbonyl (C=O) groups is 1. The van der Waals surface area contributed by atoms with E-state index >= 15 is 0 Å². The fourth-order valence-corrected chi connectivity index (χ4v) is 1.66. The lowest BCUT2D eigenvalue weighted by Crippen LogP contribution is -2.24. The molecule has 20 heavy (non-hydrogen) atoms. The zero-order valence-corrected chi connectivity index (χ0v) is 12.8. The third-order valence-corrected chi connectivity index (χ3v) is 2.65. The predicted molar refractivity (Wildman–Crippen MR) is 70.9 cm³/mol. The maximum absolute atomic E-state index is 12.1. The molecular formula is C13H14BrF3O3. The molecule has 0 unspecified atom stereocenters. The molecule has 1 aromatic rings. The van der Waals surface area contributed by atoms with Gasteiger partial charge in [-0.15, -0.1) is 0 Å². The number of hydrogen-bond donors (Lipinski definition) is 0. The first-order chi connectivity index (χ1) is 8.98. The fourth-order valence-electron chi connectivity index (χ4n) is 1.25. The topological polar surface area (TPSA) is 35.5 Å². The Hall–Kier alpha value is -1.24. The Morgan fingerprint density at radius 2 is 1.85 bits per heavy atom. The second-order valence-corrected chi connectivity index (χ2v) is 5.90. The highest BCUT2D eigenvalue weighted by Crippen LogP contribution is 2.26. The van der Waals surface area contributed by atoms with Gasteiger partial charge in [0.15, 0.2) is 6.61 Å². The van der Waals surface area contributed by atoms with Crippen molar-refractivity contribution in [2.24, 2.45) is 0 Å². The zero-order valence-electron chi connectivity index (χ0n) is 11.2. The van der Waals surface area contributed by atoms with Gasteiger partial charge in [-0.25, -0.2) is 4.79 Å². The van der Waals surface area contributed by atoms with Crippen molar-refractivity contribution in [1.82, 2.24) is 0 Å². The summed E-state index contributed by atoms with van der Waals surface area (Å²) >= 11 is 3.15. The van der Waals surface area contributed by atoms with E-state index in [1.54, 1.807) is 20.8 Å². The third kappa shape index (κ3) is 5.81. The molecule has 0 aromatic heterocycles. The van der Waals surface area contributed by atoms with Crippen LogP contribution in [-0.4, -0.2) is 24.4 Å². The van der Waals surface area contributed by atoms with Crippen molar-refractivity contribution >= 4 is 21.9 Å². The Bertz CT molecular complexity index is 493. The van der Waals surface area contributed by atoms with Gasteiger partial charge in [0.1, 0.15) is 11.4 Å². The van der Waals surface area contributed by atoms with E-state index in [-0.39, 0.29) is 11.3 Å². The van der Waals surface area contributed by atoms with Crippen molar-refractivity contribution in [3.63, 3.8) is 0 Å². The predicted octanol–water partition coefficient (Wildman–Crippen LogP) is 4.35. The number of esters is 1. The lowest BCUT2D eigenvalue weighted by Gasteiger charge is -2.20. The number of benzene rings is 1. The second-order valence-electron chi connectivity index (χ2n) is 5.05. The van der Waals surface area contributed by atoms with Crippen molar-refractivity contribution in [2.45, 2.75) is 32.5 Å². The molecule has 0 fully saturated rings. The highest BCUT2D eigenvalue weighted by molar-refractivity contribution is 9.10. The molecule has 0 saturated carbocycles. The van der Waals surface area contributed by atoms with Crippen LogP contribution in [0.5, 0.6) is 5.75 Å². The lowest BCUT2D eigenvalue weighted by molar-refractivity contribution is -0.153. The number of ether oxygens (including phenoxy) is 2. The van der Waals surface area contributed by atoms with Crippen LogP contribution in [0.1, 0.15) is 31.1 Å². The number of alkyl halides is 3. The van der Waals surface area contributed by atoms with E-state index in [0.29, 0.717) is 4.47 Å². The Labute approximate surface area is 123 Å². The summed E-state index contributed by atoms with van der Waals surface area (Å²) in [5, 5.41) is 0. The molecule has 0 spiro atoms. The van der Waals surface area contributed by atoms with E-state index in [4.69, 9.17) is 4.74 Å². The first-order valence-corrected chi connectivity index (χ1v) is 6.50. The van der Waals surface area contributed by atoms with Gasteiger partial charge >= 0.3 is 12.1 Å². The van der Waals surface area contributed by atoms with Crippen molar-refractivity contribution in [2.75, 3.05) is 6.61 Å². The summed E-state index contributed by atoms with van der Waals surface area (Å²) in [6.45, 7) is 3.68. The molecule has 0 amide bonds. The molecule has 0 atom stereocenters. The van der Waals surface area contributed by atoms with E-state index in [1.165, 1.54) is 18.2 Å². The van der Waals surface area contributed by atoms with Gasteiger partial charge < -0.3 is 9.47 Å². The molecule has 7 heteroatoms. The normalized spacial score (nSPS) is 12.2. The van der Waals surface area contributed by atoms with Crippen LogP contribution in [0.15, 0.2) is 22.7 Å². The van der Waals surface area contributed by atoms with E-state index < -0.39 is 24.4 Å². The van der Waals surface area contributed by atoms with Gasteiger partial charge in [-0.1, -0.05) is 0 Å². The Morgan fingerprint density at radius 1 is 1.25 bits per heavy atom. The Balaban J connectivity index is 2.89. The molecule has 0 bridgehead atoms. The van der Waals surface area contributed by atoms with E-state index in [0.717, 1.165) is 0 Å². The van der Waals surface area contributed by atoms with Crippen LogP contribution < -0.4 is 4.74 Å². The van der Waals surface area contributed by atoms with Crippen molar-refractivity contribution in [3.05, 3.63) is 28.2 Å². The highest BCUT2D eigenvalue weighted by Gasteiger charge is 2.28. The minimum atomic E-state index is -4.43. The summed E-state index contributed by atoms with van der Waals surface area (Å²) < 4.78 is 46.4. The van der Waals surface area contributed by atoms with Crippen LogP contribution in [0.2, 0.25) is 0 Å². The summed E-state index contributed by atoms with van der Waals surface area (Å²) in [7, 11) is 0. The number of rotatable bonds is 3. The van der Waals surface area contributed by atoms with Crippen LogP contribution in [0.4, 0.5) is 13.2 Å². The molecule has 1 rings (SSSR count). The quantitative estimate of drug-likeness (QED) is 0.757. The average Bonchev–Trinajstić information content (AvgIpc) is 2.24.